The van der Waals surface area contributed by atoms with Crippen molar-refractivity contribution in [3.05, 3.63) is 38.9 Å². The van der Waals surface area contributed by atoms with Crippen LogP contribution in [0.2, 0.25) is 0 Å². The second-order valence-electron chi connectivity index (χ2n) is 7.02. The Hall–Kier alpha value is -2.02. The number of imidazole rings is 1. The molecule has 0 radical (unpaired) electrons. The minimum absolute atomic E-state index is 0.0594. The number of ether oxygens (including phenoxy) is 1. The molecule has 0 N–H and O–H groups in total. The van der Waals surface area contributed by atoms with Crippen LogP contribution in [0.5, 0.6) is 0 Å². The van der Waals surface area contributed by atoms with E-state index in [9.17, 15) is 13.2 Å². The van der Waals surface area contributed by atoms with E-state index < -0.39 is 16.1 Å². The van der Waals surface area contributed by atoms with Crippen LogP contribution < -0.4 is 5.69 Å². The van der Waals surface area contributed by atoms with Crippen LogP contribution in [-0.2, 0) is 28.9 Å². The highest BCUT2D eigenvalue weighted by Gasteiger charge is 2.44. The highest BCUT2D eigenvalue weighted by molar-refractivity contribution is 9.10. The summed E-state index contributed by atoms with van der Waals surface area (Å²) < 4.78 is 42.7. The minimum atomic E-state index is -3.96. The molecule has 1 saturated heterocycles. The molecule has 0 spiro atoms. The van der Waals surface area contributed by atoms with Crippen LogP contribution in [0.4, 0.5) is 0 Å². The van der Waals surface area contributed by atoms with Gasteiger partial charge < -0.3 is 9.15 Å². The molecule has 4 rings (SSSR count). The second-order valence-corrected chi connectivity index (χ2v) is 9.73. The van der Waals surface area contributed by atoms with Gasteiger partial charge in [0.15, 0.2) is 0 Å². The zero-order chi connectivity index (χ0) is 21.1. The Balaban J connectivity index is 1.86. The summed E-state index contributed by atoms with van der Waals surface area (Å²) in [5.74, 6) is 0.593. The van der Waals surface area contributed by atoms with Crippen LogP contribution in [-0.4, -0.2) is 51.8 Å². The quantitative estimate of drug-likeness (QED) is 0.549. The molecular weight excluding hydrogens is 466 g/mol. The van der Waals surface area contributed by atoms with Gasteiger partial charge in [0, 0.05) is 45.6 Å². The van der Waals surface area contributed by atoms with E-state index >= 15 is 0 Å². The molecular formula is C17H20BrN5O5S. The zero-order valence-corrected chi connectivity index (χ0v) is 18.7. The van der Waals surface area contributed by atoms with Gasteiger partial charge in [0.25, 0.3) is 0 Å². The summed E-state index contributed by atoms with van der Waals surface area (Å²) >= 11 is 3.37. The molecule has 1 aliphatic rings. The molecule has 2 atom stereocenters. The van der Waals surface area contributed by atoms with Crippen molar-refractivity contribution in [1.29, 1.82) is 0 Å². The Morgan fingerprint density at radius 2 is 1.86 bits per heavy atom. The summed E-state index contributed by atoms with van der Waals surface area (Å²) in [5.41, 5.74) is 0.914. The number of methoxy groups -OCH3 is 1. The number of nitrogens with zero attached hydrogens (tertiary/aromatic N) is 5. The van der Waals surface area contributed by atoms with Crippen molar-refractivity contribution in [3.63, 3.8) is 0 Å². The van der Waals surface area contributed by atoms with Crippen LogP contribution in [0, 0.1) is 6.92 Å². The molecule has 0 bridgehead atoms. The maximum atomic E-state index is 13.6. The third-order valence-electron chi connectivity index (χ3n) is 5.29. The van der Waals surface area contributed by atoms with E-state index in [0.717, 1.165) is 0 Å². The van der Waals surface area contributed by atoms with Gasteiger partial charge in [-0.15, -0.1) is 10.2 Å². The molecule has 0 aliphatic carbocycles. The maximum absolute atomic E-state index is 13.6. The SMILES string of the molecule is CO[C@H]1C[C@H](c2nnc(C)o2)N(S(=O)(=O)c2cc3c(cc2Br)n(C)c(=O)n3C)C1. The smallest absolute Gasteiger partial charge is 0.328 e. The number of halogens is 1. The van der Waals surface area contributed by atoms with E-state index in [1.165, 1.54) is 19.5 Å². The zero-order valence-electron chi connectivity index (χ0n) is 16.3. The third-order valence-corrected chi connectivity index (χ3v) is 8.12. The normalized spacial score (nSPS) is 20.7. The Labute approximate surface area is 175 Å². The molecule has 1 fully saturated rings. The number of aryl methyl sites for hydroxylation is 3. The number of benzene rings is 1. The summed E-state index contributed by atoms with van der Waals surface area (Å²) in [6.07, 6.45) is 0.103. The Morgan fingerprint density at radius 3 is 2.45 bits per heavy atom. The molecule has 156 valence electrons. The van der Waals surface area contributed by atoms with Gasteiger partial charge in [-0.05, 0) is 28.1 Å². The summed E-state index contributed by atoms with van der Waals surface area (Å²) in [7, 11) is 0.831. The van der Waals surface area contributed by atoms with Crippen LogP contribution in [0.25, 0.3) is 11.0 Å². The Morgan fingerprint density at radius 1 is 1.21 bits per heavy atom. The molecule has 1 aromatic carbocycles. The first-order valence-corrected chi connectivity index (χ1v) is 11.1. The van der Waals surface area contributed by atoms with Crippen LogP contribution in [0.15, 0.2) is 30.7 Å². The maximum Gasteiger partial charge on any atom is 0.328 e. The van der Waals surface area contributed by atoms with E-state index in [1.54, 1.807) is 34.2 Å². The molecule has 0 amide bonds. The van der Waals surface area contributed by atoms with Crippen molar-refractivity contribution in [1.82, 2.24) is 23.6 Å². The van der Waals surface area contributed by atoms with Crippen molar-refractivity contribution < 1.29 is 17.6 Å². The first kappa shape index (κ1) is 20.3. The molecule has 0 saturated carbocycles. The number of fused-ring (bicyclic) bond motifs is 1. The number of sulfonamides is 1. The second kappa shape index (κ2) is 7.04. The monoisotopic (exact) mass is 485 g/mol. The van der Waals surface area contributed by atoms with Crippen LogP contribution in [0.1, 0.15) is 24.2 Å². The lowest BCUT2D eigenvalue weighted by atomic mass is 10.2. The molecule has 29 heavy (non-hydrogen) atoms. The average Bonchev–Trinajstić information content (AvgIpc) is 3.36. The highest BCUT2D eigenvalue weighted by atomic mass is 79.9. The number of aromatic nitrogens is 4. The van der Waals surface area contributed by atoms with Gasteiger partial charge in [0.05, 0.1) is 22.0 Å². The van der Waals surface area contributed by atoms with E-state index in [0.29, 0.717) is 27.8 Å². The van der Waals surface area contributed by atoms with Crippen molar-refractivity contribution in [2.75, 3.05) is 13.7 Å². The predicted octanol–water partition coefficient (Wildman–Crippen LogP) is 1.48. The minimum Gasteiger partial charge on any atom is -0.424 e. The number of hydrogen-bond acceptors (Lipinski definition) is 7. The van der Waals surface area contributed by atoms with Gasteiger partial charge in [0.2, 0.25) is 21.8 Å². The first-order chi connectivity index (χ1) is 13.6. The lowest BCUT2D eigenvalue weighted by Crippen LogP contribution is -2.32. The van der Waals surface area contributed by atoms with E-state index in [-0.39, 0.29) is 29.1 Å². The van der Waals surface area contributed by atoms with Gasteiger partial charge in [-0.2, -0.15) is 4.31 Å². The standard InChI is InChI=1S/C17H20BrN5O5S/c1-9-19-20-16(28-9)14-5-10(27-4)8-23(14)29(25,26)15-7-13-12(6-11(15)18)21(2)17(24)22(13)3/h6-7,10,14H,5,8H2,1-4H3/t10-,14+/m0/s1. The predicted molar refractivity (Wildman–Crippen MR) is 107 cm³/mol. The molecule has 0 unspecified atom stereocenters. The fourth-order valence-electron chi connectivity index (χ4n) is 3.70. The number of hydrogen-bond donors (Lipinski definition) is 0. The fraction of sp³-hybridized carbons (Fsp3) is 0.471. The molecule has 2 aromatic heterocycles. The average molecular weight is 486 g/mol. The van der Waals surface area contributed by atoms with Gasteiger partial charge in [-0.25, -0.2) is 13.2 Å². The largest absolute Gasteiger partial charge is 0.424 e. The Kier molecular flexibility index (Phi) is 4.92. The van der Waals surface area contributed by atoms with Crippen LogP contribution in [0.3, 0.4) is 0 Å². The topological polar surface area (TPSA) is 112 Å². The molecule has 3 heterocycles. The van der Waals surface area contributed by atoms with Gasteiger partial charge in [0.1, 0.15) is 6.04 Å². The highest BCUT2D eigenvalue weighted by Crippen LogP contribution is 2.39. The van der Waals surface area contributed by atoms with Crippen molar-refractivity contribution >= 4 is 37.0 Å². The van der Waals surface area contributed by atoms with E-state index in [1.807, 2.05) is 0 Å². The summed E-state index contributed by atoms with van der Waals surface area (Å²) in [6, 6.07) is 2.51. The van der Waals surface area contributed by atoms with Gasteiger partial charge in [-0.1, -0.05) is 0 Å². The third kappa shape index (κ3) is 3.14. The van der Waals surface area contributed by atoms with Crippen molar-refractivity contribution in [3.8, 4) is 0 Å². The number of rotatable bonds is 4. The first-order valence-electron chi connectivity index (χ1n) is 8.84. The van der Waals surface area contributed by atoms with Gasteiger partial charge in [-0.3, -0.25) is 9.13 Å². The molecule has 10 nitrogen and oxygen atoms in total. The summed E-state index contributed by atoms with van der Waals surface area (Å²) in [6.45, 7) is 1.81. The van der Waals surface area contributed by atoms with E-state index in [2.05, 4.69) is 26.1 Å². The molecule has 12 heteroatoms. The molecule has 3 aromatic rings. The van der Waals surface area contributed by atoms with Crippen LogP contribution >= 0.6 is 15.9 Å². The lowest BCUT2D eigenvalue weighted by molar-refractivity contribution is 0.114. The fourth-order valence-corrected chi connectivity index (χ4v) is 6.34. The van der Waals surface area contributed by atoms with Crippen molar-refractivity contribution in [2.45, 2.75) is 30.4 Å². The molecule has 1 aliphatic heterocycles. The van der Waals surface area contributed by atoms with Crippen molar-refractivity contribution in [2.24, 2.45) is 14.1 Å². The van der Waals surface area contributed by atoms with E-state index in [4.69, 9.17) is 9.15 Å². The summed E-state index contributed by atoms with van der Waals surface area (Å²) in [4.78, 5) is 12.3. The Bertz CT molecular complexity index is 1260. The lowest BCUT2D eigenvalue weighted by Gasteiger charge is -2.22. The summed E-state index contributed by atoms with van der Waals surface area (Å²) in [5, 5.41) is 7.84. The van der Waals surface area contributed by atoms with Gasteiger partial charge >= 0.3 is 5.69 Å².